The van der Waals surface area contributed by atoms with E-state index >= 15 is 0 Å². The third kappa shape index (κ3) is 6.20. The number of alkyl carbamates (subject to hydrolysis) is 1. The zero-order valence-corrected chi connectivity index (χ0v) is 24.9. The predicted molar refractivity (Wildman–Crippen MR) is 172 cm³/mol. The summed E-state index contributed by atoms with van der Waals surface area (Å²) >= 11 is 0. The van der Waals surface area contributed by atoms with Crippen LogP contribution >= 0.6 is 0 Å². The number of hydrogen-bond acceptors (Lipinski definition) is 7. The van der Waals surface area contributed by atoms with Crippen LogP contribution in [0.15, 0.2) is 91.3 Å². The highest BCUT2D eigenvalue weighted by Crippen LogP contribution is 2.44. The molecule has 0 aliphatic heterocycles. The number of aromatic nitrogens is 2. The molecule has 3 amide bonds. The SMILES string of the molecule is C[C@H](NC(=O)[C@H](CCC(=O)Nc1cc2cccnc2c2ncccc12)NC(=O)OCC1c2ccccc2-c2ccccc21)C(=O)O. The Labute approximate surface area is 264 Å². The van der Waals surface area contributed by atoms with Gasteiger partial charge in [-0.1, -0.05) is 54.6 Å². The number of carboxylic acid groups (broad SMARTS) is 1. The van der Waals surface area contributed by atoms with E-state index in [9.17, 15) is 24.3 Å². The quantitative estimate of drug-likeness (QED) is 0.159. The van der Waals surface area contributed by atoms with E-state index in [4.69, 9.17) is 4.74 Å². The lowest BCUT2D eigenvalue weighted by molar-refractivity contribution is -0.141. The second-order valence-electron chi connectivity index (χ2n) is 11.1. The second kappa shape index (κ2) is 13.0. The Hall–Kier alpha value is -5.84. The Morgan fingerprint density at radius 3 is 2.20 bits per heavy atom. The van der Waals surface area contributed by atoms with Gasteiger partial charge in [-0.25, -0.2) is 4.79 Å². The number of carbonyl (C=O) groups is 4. The van der Waals surface area contributed by atoms with Crippen LogP contribution in [-0.2, 0) is 19.1 Å². The summed E-state index contributed by atoms with van der Waals surface area (Å²) in [5, 5.41) is 18.6. The molecule has 0 spiro atoms. The van der Waals surface area contributed by atoms with Gasteiger partial charge in [0, 0.05) is 35.5 Å². The minimum absolute atomic E-state index is 0.0259. The summed E-state index contributed by atoms with van der Waals surface area (Å²) in [4.78, 5) is 59.5. The molecule has 232 valence electrons. The number of carboxylic acids is 1. The van der Waals surface area contributed by atoms with E-state index in [1.54, 1.807) is 30.6 Å². The molecule has 5 aromatic rings. The van der Waals surface area contributed by atoms with Gasteiger partial charge in [0.15, 0.2) is 0 Å². The largest absolute Gasteiger partial charge is 0.480 e. The highest BCUT2D eigenvalue weighted by atomic mass is 16.5. The highest BCUT2D eigenvalue weighted by Gasteiger charge is 2.30. The van der Waals surface area contributed by atoms with Crippen LogP contribution in [0.5, 0.6) is 0 Å². The summed E-state index contributed by atoms with van der Waals surface area (Å²) in [5.74, 6) is -2.59. The average Bonchev–Trinajstić information content (AvgIpc) is 3.39. The Bertz CT molecular complexity index is 1930. The van der Waals surface area contributed by atoms with E-state index in [1.165, 1.54) is 6.92 Å². The summed E-state index contributed by atoms with van der Waals surface area (Å²) in [6.07, 6.45) is 2.20. The molecule has 0 saturated heterocycles. The van der Waals surface area contributed by atoms with Crippen LogP contribution in [0.3, 0.4) is 0 Å². The standard InChI is InChI=1S/C35H31N5O6/c1-20(34(43)44)38-33(42)28(40-35(45)46-19-27-24-11-4-2-9-22(24)23-10-3-5-12-25(23)27)14-15-30(41)39-29-18-21-8-6-16-36-31(21)32-26(29)13-7-17-37-32/h2-13,16-18,20,27-28H,14-15,19H2,1H3,(H,38,42)(H,39,41)(H,40,45)(H,43,44)/t20-,28-/m0/s1. The number of ether oxygens (including phenoxy) is 1. The molecule has 2 aromatic heterocycles. The first-order valence-corrected chi connectivity index (χ1v) is 14.9. The maximum atomic E-state index is 13.2. The number of nitrogens with one attached hydrogen (secondary N) is 3. The number of fused-ring (bicyclic) bond motifs is 6. The lowest BCUT2D eigenvalue weighted by Crippen LogP contribution is -2.51. The molecule has 3 aromatic carbocycles. The van der Waals surface area contributed by atoms with E-state index in [0.29, 0.717) is 22.1 Å². The van der Waals surface area contributed by atoms with Gasteiger partial charge in [-0.05, 0) is 59.9 Å². The third-order valence-corrected chi connectivity index (χ3v) is 8.08. The Kier molecular flexibility index (Phi) is 8.55. The van der Waals surface area contributed by atoms with Crippen LogP contribution in [0.1, 0.15) is 36.8 Å². The molecule has 11 heteroatoms. The molecule has 0 radical (unpaired) electrons. The van der Waals surface area contributed by atoms with E-state index < -0.39 is 36.0 Å². The van der Waals surface area contributed by atoms with Crippen LogP contribution < -0.4 is 16.0 Å². The van der Waals surface area contributed by atoms with Gasteiger partial charge in [0.2, 0.25) is 11.8 Å². The Morgan fingerprint density at radius 2 is 1.50 bits per heavy atom. The maximum absolute atomic E-state index is 13.2. The molecule has 0 fully saturated rings. The van der Waals surface area contributed by atoms with Crippen molar-refractivity contribution < 1.29 is 29.0 Å². The number of benzene rings is 3. The van der Waals surface area contributed by atoms with Crippen molar-refractivity contribution in [2.75, 3.05) is 11.9 Å². The number of rotatable bonds is 10. The van der Waals surface area contributed by atoms with Gasteiger partial charge in [0.05, 0.1) is 16.7 Å². The van der Waals surface area contributed by atoms with Gasteiger partial charge in [-0.3, -0.25) is 24.4 Å². The number of anilines is 1. The summed E-state index contributed by atoms with van der Waals surface area (Å²) in [7, 11) is 0. The molecule has 2 atom stereocenters. The van der Waals surface area contributed by atoms with Crippen LogP contribution in [-0.4, -0.2) is 57.6 Å². The number of hydrogen-bond donors (Lipinski definition) is 4. The summed E-state index contributed by atoms with van der Waals surface area (Å²) in [6, 6.07) is 22.4. The van der Waals surface area contributed by atoms with Crippen molar-refractivity contribution in [1.82, 2.24) is 20.6 Å². The van der Waals surface area contributed by atoms with Gasteiger partial charge >= 0.3 is 12.1 Å². The molecule has 6 rings (SSSR count). The fraction of sp³-hybridized carbons (Fsp3) is 0.200. The van der Waals surface area contributed by atoms with Gasteiger partial charge in [-0.2, -0.15) is 0 Å². The Balaban J connectivity index is 1.14. The van der Waals surface area contributed by atoms with E-state index in [2.05, 4.69) is 25.9 Å². The number of pyridine rings is 2. The molecule has 1 aliphatic carbocycles. The van der Waals surface area contributed by atoms with Crippen molar-refractivity contribution in [3.05, 3.63) is 102 Å². The minimum Gasteiger partial charge on any atom is -0.480 e. The van der Waals surface area contributed by atoms with Crippen molar-refractivity contribution in [3.63, 3.8) is 0 Å². The first kappa shape index (κ1) is 30.2. The molecular weight excluding hydrogens is 586 g/mol. The number of nitrogens with zero attached hydrogens (tertiary/aromatic N) is 2. The fourth-order valence-corrected chi connectivity index (χ4v) is 5.80. The molecule has 11 nitrogen and oxygen atoms in total. The first-order valence-electron chi connectivity index (χ1n) is 14.9. The van der Waals surface area contributed by atoms with Crippen LogP contribution in [0.2, 0.25) is 0 Å². The molecule has 0 saturated carbocycles. The van der Waals surface area contributed by atoms with Crippen molar-refractivity contribution in [2.45, 2.75) is 37.8 Å². The van der Waals surface area contributed by atoms with Crippen LogP contribution in [0.4, 0.5) is 10.5 Å². The number of amides is 3. The van der Waals surface area contributed by atoms with Gasteiger partial charge < -0.3 is 25.8 Å². The average molecular weight is 618 g/mol. The van der Waals surface area contributed by atoms with E-state index in [-0.39, 0.29) is 25.4 Å². The molecular formula is C35H31N5O6. The predicted octanol–water partition coefficient (Wildman–Crippen LogP) is 5.00. The monoisotopic (exact) mass is 617 g/mol. The van der Waals surface area contributed by atoms with Crippen LogP contribution in [0.25, 0.3) is 32.9 Å². The number of aliphatic carboxylic acids is 1. The smallest absolute Gasteiger partial charge is 0.407 e. The highest BCUT2D eigenvalue weighted by molar-refractivity contribution is 6.12. The minimum atomic E-state index is -1.24. The third-order valence-electron chi connectivity index (χ3n) is 8.08. The fourth-order valence-electron chi connectivity index (χ4n) is 5.80. The Morgan fingerprint density at radius 1 is 0.848 bits per heavy atom. The van der Waals surface area contributed by atoms with Gasteiger partial charge in [0.25, 0.3) is 0 Å². The van der Waals surface area contributed by atoms with Crippen molar-refractivity contribution in [2.24, 2.45) is 0 Å². The topological polar surface area (TPSA) is 160 Å². The molecule has 46 heavy (non-hydrogen) atoms. The van der Waals surface area contributed by atoms with Gasteiger partial charge in [-0.15, -0.1) is 0 Å². The number of carbonyl (C=O) groups excluding carboxylic acids is 3. The van der Waals surface area contributed by atoms with E-state index in [0.717, 1.165) is 27.6 Å². The molecule has 0 bridgehead atoms. The van der Waals surface area contributed by atoms with Crippen molar-refractivity contribution >= 4 is 51.4 Å². The van der Waals surface area contributed by atoms with Crippen LogP contribution in [0, 0.1) is 0 Å². The molecule has 4 N–H and O–H groups in total. The zero-order valence-electron chi connectivity index (χ0n) is 24.9. The molecule has 1 aliphatic rings. The van der Waals surface area contributed by atoms with Gasteiger partial charge in [0.1, 0.15) is 18.7 Å². The van der Waals surface area contributed by atoms with Crippen molar-refractivity contribution in [1.29, 1.82) is 0 Å². The summed E-state index contributed by atoms with van der Waals surface area (Å²) in [5.41, 5.74) is 6.07. The first-order chi connectivity index (χ1) is 22.3. The summed E-state index contributed by atoms with van der Waals surface area (Å²) < 4.78 is 5.60. The van der Waals surface area contributed by atoms with Crippen molar-refractivity contribution in [3.8, 4) is 11.1 Å². The lowest BCUT2D eigenvalue weighted by atomic mass is 9.98. The normalized spacial score (nSPS) is 13.3. The van der Waals surface area contributed by atoms with E-state index in [1.807, 2.05) is 60.7 Å². The maximum Gasteiger partial charge on any atom is 0.407 e. The summed E-state index contributed by atoms with van der Waals surface area (Å²) in [6.45, 7) is 1.34. The lowest BCUT2D eigenvalue weighted by Gasteiger charge is -2.21. The molecule has 0 unspecified atom stereocenters. The second-order valence-corrected chi connectivity index (χ2v) is 11.1. The zero-order chi connectivity index (χ0) is 32.2. The molecule has 2 heterocycles.